The van der Waals surface area contributed by atoms with Crippen molar-refractivity contribution in [2.24, 2.45) is 0 Å². The van der Waals surface area contributed by atoms with E-state index in [0.29, 0.717) is 42.7 Å². The van der Waals surface area contributed by atoms with Gasteiger partial charge in [0.05, 0.1) is 43.0 Å². The summed E-state index contributed by atoms with van der Waals surface area (Å²) in [5, 5.41) is 3.42. The lowest BCUT2D eigenvalue weighted by Gasteiger charge is -2.31. The lowest BCUT2D eigenvalue weighted by Crippen LogP contribution is -2.29. The number of fused-ring (bicyclic) bond motifs is 3. The van der Waals surface area contributed by atoms with Gasteiger partial charge in [-0.1, -0.05) is 38.5 Å². The maximum Gasteiger partial charge on any atom is 0.338 e. The summed E-state index contributed by atoms with van der Waals surface area (Å²) in [4.78, 5) is 18.1. The monoisotopic (exact) mass is 449 g/mol. The molecule has 1 aliphatic heterocycles. The van der Waals surface area contributed by atoms with Gasteiger partial charge in [0.15, 0.2) is 11.5 Å². The topological polar surface area (TPSA) is 74.6 Å². The van der Waals surface area contributed by atoms with E-state index >= 15 is 0 Å². The fourth-order valence-electron chi connectivity index (χ4n) is 4.28. The van der Waals surface area contributed by atoms with Crippen molar-refractivity contribution in [3.8, 4) is 11.5 Å². The molecule has 7 nitrogen and oxygen atoms in total. The van der Waals surface area contributed by atoms with Gasteiger partial charge < -0.3 is 19.5 Å². The quantitative estimate of drug-likeness (QED) is 0.437. The zero-order valence-electron chi connectivity index (χ0n) is 19.7. The Balaban J connectivity index is 1.94. The van der Waals surface area contributed by atoms with Crippen molar-refractivity contribution < 1.29 is 19.0 Å². The number of hydrogen-bond donors (Lipinski definition) is 1. The zero-order valence-corrected chi connectivity index (χ0v) is 19.7. The van der Waals surface area contributed by atoms with Gasteiger partial charge in [0.25, 0.3) is 0 Å². The number of carbonyl (C=O) groups excluding carboxylic acids is 1. The van der Waals surface area contributed by atoms with Crippen LogP contribution >= 0.6 is 0 Å². The van der Waals surface area contributed by atoms with Gasteiger partial charge in [-0.3, -0.25) is 4.57 Å². The Bertz CT molecular complexity index is 1180. The van der Waals surface area contributed by atoms with E-state index in [4.69, 9.17) is 19.2 Å². The molecule has 1 aliphatic rings. The molecule has 1 atom stereocenters. The van der Waals surface area contributed by atoms with Crippen molar-refractivity contribution in [3.05, 3.63) is 59.3 Å². The van der Waals surface area contributed by atoms with Crippen molar-refractivity contribution in [3.63, 3.8) is 0 Å². The molecule has 0 bridgehead atoms. The first-order valence-corrected chi connectivity index (χ1v) is 11.6. The van der Waals surface area contributed by atoms with Crippen LogP contribution in [0.3, 0.4) is 0 Å². The van der Waals surface area contributed by atoms with Crippen LogP contribution in [0.2, 0.25) is 0 Å². The molecular weight excluding hydrogens is 418 g/mol. The van der Waals surface area contributed by atoms with E-state index in [2.05, 4.69) is 23.7 Å². The number of ether oxygens (including phenoxy) is 3. The molecular formula is C26H31N3O4. The summed E-state index contributed by atoms with van der Waals surface area (Å²) >= 11 is 0. The highest BCUT2D eigenvalue weighted by molar-refractivity contribution is 5.94. The van der Waals surface area contributed by atoms with Crippen molar-refractivity contribution in [1.82, 2.24) is 9.55 Å². The normalized spacial score (nSPS) is 15.2. The summed E-state index contributed by atoms with van der Waals surface area (Å²) in [6.45, 7) is 6.89. The van der Waals surface area contributed by atoms with Gasteiger partial charge in [0.1, 0.15) is 0 Å². The molecule has 0 aliphatic carbocycles. The van der Waals surface area contributed by atoms with Gasteiger partial charge in [-0.05, 0) is 49.6 Å². The van der Waals surface area contributed by atoms with Crippen molar-refractivity contribution in [1.29, 1.82) is 0 Å². The zero-order chi connectivity index (χ0) is 23.4. The van der Waals surface area contributed by atoms with Crippen LogP contribution in [0.5, 0.6) is 11.5 Å². The van der Waals surface area contributed by atoms with Crippen LogP contribution in [0, 0.1) is 0 Å². The molecule has 0 radical (unpaired) electrons. The van der Waals surface area contributed by atoms with Crippen LogP contribution in [0.25, 0.3) is 11.0 Å². The van der Waals surface area contributed by atoms with Gasteiger partial charge in [-0.25, -0.2) is 9.78 Å². The van der Waals surface area contributed by atoms with Gasteiger partial charge in [0.2, 0.25) is 5.95 Å². The lowest BCUT2D eigenvalue weighted by molar-refractivity contribution is -0.139. The number of nitrogens with one attached hydrogen (secondary N) is 1. The predicted molar refractivity (Wildman–Crippen MR) is 129 cm³/mol. The van der Waals surface area contributed by atoms with Crippen molar-refractivity contribution >= 4 is 23.0 Å². The smallest absolute Gasteiger partial charge is 0.338 e. The number of allylic oxidation sites excluding steroid dienone is 1. The molecule has 4 rings (SSSR count). The highest BCUT2D eigenvalue weighted by atomic mass is 16.5. The third-order valence-corrected chi connectivity index (χ3v) is 5.68. The third kappa shape index (κ3) is 4.27. The van der Waals surface area contributed by atoms with Crippen LogP contribution in [-0.4, -0.2) is 35.8 Å². The van der Waals surface area contributed by atoms with Crippen LogP contribution in [-0.2, 0) is 9.53 Å². The highest BCUT2D eigenvalue weighted by Crippen LogP contribution is 2.42. The standard InChI is InChI=1S/C26H31N3O4/c1-5-10-19-23(25(30)32-7-3)24(17-13-14-21(33-15-6-2)22(16-17)31-4)29-20-12-9-8-11-18(20)27-26(29)28-19/h8-9,11-14,16,24H,5-7,10,15H2,1-4H3,(H,27,28)/t24-/m1/s1. The van der Waals surface area contributed by atoms with Gasteiger partial charge in [-0.2, -0.15) is 0 Å². The van der Waals surface area contributed by atoms with E-state index in [1.807, 2.05) is 49.4 Å². The molecule has 7 heteroatoms. The third-order valence-electron chi connectivity index (χ3n) is 5.68. The Kier molecular flexibility index (Phi) is 6.87. The number of imidazole rings is 1. The van der Waals surface area contributed by atoms with E-state index < -0.39 is 6.04 Å². The van der Waals surface area contributed by atoms with E-state index in [-0.39, 0.29) is 5.97 Å². The number of methoxy groups -OCH3 is 1. The minimum absolute atomic E-state index is 0.305. The van der Waals surface area contributed by atoms with E-state index in [1.165, 1.54) is 0 Å². The molecule has 0 amide bonds. The molecule has 0 fully saturated rings. The number of aromatic nitrogens is 2. The van der Waals surface area contributed by atoms with Crippen molar-refractivity contribution in [2.75, 3.05) is 25.6 Å². The highest BCUT2D eigenvalue weighted by Gasteiger charge is 2.36. The fraction of sp³-hybridized carbons (Fsp3) is 0.385. The summed E-state index contributed by atoms with van der Waals surface area (Å²) in [5.74, 6) is 1.70. The number of esters is 1. The van der Waals surface area contributed by atoms with E-state index in [9.17, 15) is 4.79 Å². The molecule has 2 heterocycles. The average molecular weight is 450 g/mol. The Morgan fingerprint density at radius 1 is 1.09 bits per heavy atom. The molecule has 3 aromatic rings. The first-order chi connectivity index (χ1) is 16.1. The summed E-state index contributed by atoms with van der Waals surface area (Å²) in [6, 6.07) is 13.4. The SMILES string of the molecule is CCCOc1ccc([C@@H]2C(C(=O)OCC)=C(CCC)Nc3nc4ccccc4n32)cc1OC. The minimum atomic E-state index is -0.414. The summed E-state index contributed by atoms with van der Waals surface area (Å²) < 4.78 is 19.1. The second-order valence-electron chi connectivity index (χ2n) is 7.94. The van der Waals surface area contributed by atoms with Crippen molar-refractivity contribution in [2.45, 2.75) is 46.1 Å². The Hall–Kier alpha value is -3.48. The van der Waals surface area contributed by atoms with Gasteiger partial charge in [-0.15, -0.1) is 0 Å². The van der Waals surface area contributed by atoms with E-state index in [0.717, 1.165) is 35.1 Å². The number of para-hydroxylation sites is 2. The van der Waals surface area contributed by atoms with Gasteiger partial charge >= 0.3 is 5.97 Å². The lowest BCUT2D eigenvalue weighted by atomic mass is 9.93. The number of rotatable bonds is 9. The predicted octanol–water partition coefficient (Wildman–Crippen LogP) is 5.47. The first kappa shape index (κ1) is 22.7. The van der Waals surface area contributed by atoms with E-state index in [1.54, 1.807) is 7.11 Å². The van der Waals surface area contributed by atoms with Crippen LogP contribution in [0.4, 0.5) is 5.95 Å². The Morgan fingerprint density at radius 2 is 1.91 bits per heavy atom. The summed E-state index contributed by atoms with van der Waals surface area (Å²) in [7, 11) is 1.63. The number of benzene rings is 2. The second kappa shape index (κ2) is 9.98. The Morgan fingerprint density at radius 3 is 2.64 bits per heavy atom. The second-order valence-corrected chi connectivity index (χ2v) is 7.94. The number of hydrogen-bond acceptors (Lipinski definition) is 6. The molecule has 0 spiro atoms. The molecule has 33 heavy (non-hydrogen) atoms. The van der Waals surface area contributed by atoms with Crippen LogP contribution < -0.4 is 14.8 Å². The van der Waals surface area contributed by atoms with Crippen LogP contribution in [0.15, 0.2) is 53.7 Å². The maximum atomic E-state index is 13.3. The molecule has 2 aromatic carbocycles. The molecule has 0 saturated carbocycles. The number of anilines is 1. The number of nitrogens with zero attached hydrogens (tertiary/aromatic N) is 2. The molecule has 174 valence electrons. The molecule has 0 unspecified atom stereocenters. The molecule has 0 saturated heterocycles. The first-order valence-electron chi connectivity index (χ1n) is 11.6. The molecule has 1 N–H and O–H groups in total. The van der Waals surface area contributed by atoms with Crippen LogP contribution in [0.1, 0.15) is 51.6 Å². The summed E-state index contributed by atoms with van der Waals surface area (Å²) in [6.07, 6.45) is 2.49. The largest absolute Gasteiger partial charge is 0.493 e. The fourth-order valence-corrected chi connectivity index (χ4v) is 4.28. The maximum absolute atomic E-state index is 13.3. The molecule has 1 aromatic heterocycles. The Labute approximate surface area is 194 Å². The number of carbonyl (C=O) groups is 1. The minimum Gasteiger partial charge on any atom is -0.493 e. The average Bonchev–Trinajstić information content (AvgIpc) is 3.20. The summed E-state index contributed by atoms with van der Waals surface area (Å²) in [5.41, 5.74) is 4.14. The van der Waals surface area contributed by atoms with Gasteiger partial charge in [0, 0.05) is 5.70 Å².